The van der Waals surface area contributed by atoms with E-state index in [0.717, 1.165) is 25.0 Å². The molecule has 0 bridgehead atoms. The van der Waals surface area contributed by atoms with E-state index in [1.54, 1.807) is 0 Å². The molecule has 0 saturated carbocycles. The highest BCUT2D eigenvalue weighted by Crippen LogP contribution is 2.08. The Bertz CT molecular complexity index is 380. The van der Waals surface area contributed by atoms with Gasteiger partial charge in [-0.3, -0.25) is 4.79 Å². The van der Waals surface area contributed by atoms with Crippen LogP contribution < -0.4 is 5.32 Å². The number of halogens is 2. The molecule has 1 aromatic carbocycles. The lowest BCUT2D eigenvalue weighted by molar-refractivity contribution is -0.121. The van der Waals surface area contributed by atoms with Gasteiger partial charge in [-0.1, -0.05) is 19.4 Å². The second-order valence-electron chi connectivity index (χ2n) is 3.95. The normalized spacial score (nSPS) is 10.3. The van der Waals surface area contributed by atoms with Crippen LogP contribution in [0, 0.1) is 11.6 Å². The van der Waals surface area contributed by atoms with Crippen LogP contribution in [-0.2, 0) is 11.2 Å². The zero-order chi connectivity index (χ0) is 12.7. The van der Waals surface area contributed by atoms with Crippen LogP contribution >= 0.6 is 0 Å². The van der Waals surface area contributed by atoms with Gasteiger partial charge >= 0.3 is 0 Å². The Morgan fingerprint density at radius 1 is 1.29 bits per heavy atom. The van der Waals surface area contributed by atoms with Gasteiger partial charge in [0.05, 0.1) is 0 Å². The van der Waals surface area contributed by atoms with Crippen LogP contribution in [0.1, 0.15) is 31.7 Å². The van der Waals surface area contributed by atoms with Crippen LogP contribution in [0.4, 0.5) is 8.78 Å². The average molecular weight is 241 g/mol. The Kier molecular flexibility index (Phi) is 5.60. The van der Waals surface area contributed by atoms with E-state index in [4.69, 9.17) is 0 Å². The molecule has 0 atom stereocenters. The van der Waals surface area contributed by atoms with Crippen LogP contribution in [0.15, 0.2) is 18.2 Å². The molecule has 4 heteroatoms. The number of carbonyl (C=O) groups is 1. The minimum absolute atomic E-state index is 0.00873. The first-order valence-corrected chi connectivity index (χ1v) is 5.84. The van der Waals surface area contributed by atoms with Gasteiger partial charge in [0.2, 0.25) is 5.91 Å². The number of hydrogen-bond donors (Lipinski definition) is 1. The summed E-state index contributed by atoms with van der Waals surface area (Å²) in [5, 5.41) is 2.74. The summed E-state index contributed by atoms with van der Waals surface area (Å²) in [4.78, 5) is 11.3. The van der Waals surface area contributed by atoms with Gasteiger partial charge in [0, 0.05) is 13.0 Å². The van der Waals surface area contributed by atoms with Gasteiger partial charge in [-0.15, -0.1) is 0 Å². The van der Waals surface area contributed by atoms with Crippen molar-refractivity contribution in [2.75, 3.05) is 6.54 Å². The lowest BCUT2D eigenvalue weighted by atomic mass is 10.1. The smallest absolute Gasteiger partial charge is 0.220 e. The second-order valence-corrected chi connectivity index (χ2v) is 3.95. The van der Waals surface area contributed by atoms with Gasteiger partial charge in [-0.2, -0.15) is 0 Å². The van der Waals surface area contributed by atoms with Crippen molar-refractivity contribution in [3.8, 4) is 0 Å². The van der Waals surface area contributed by atoms with Crippen molar-refractivity contribution < 1.29 is 13.6 Å². The molecule has 17 heavy (non-hydrogen) atoms. The van der Waals surface area contributed by atoms with Crippen molar-refractivity contribution >= 4 is 5.91 Å². The number of carbonyl (C=O) groups excluding carboxylic acids is 1. The maximum Gasteiger partial charge on any atom is 0.220 e. The first-order valence-electron chi connectivity index (χ1n) is 5.84. The topological polar surface area (TPSA) is 29.1 Å². The summed E-state index contributed by atoms with van der Waals surface area (Å²) < 4.78 is 25.5. The van der Waals surface area contributed by atoms with E-state index in [-0.39, 0.29) is 5.91 Å². The molecule has 0 spiro atoms. The number of unbranched alkanes of at least 4 members (excludes halogenated alkanes) is 1. The SMILES string of the molecule is CCCCC(=O)NCCc1ccc(F)c(F)c1. The first-order chi connectivity index (χ1) is 8.13. The number of hydrogen-bond acceptors (Lipinski definition) is 1. The van der Waals surface area contributed by atoms with E-state index in [1.807, 2.05) is 6.92 Å². The fourth-order valence-corrected chi connectivity index (χ4v) is 1.47. The second kappa shape index (κ2) is 6.99. The molecule has 1 aromatic rings. The van der Waals surface area contributed by atoms with Crippen LogP contribution in [0.5, 0.6) is 0 Å². The van der Waals surface area contributed by atoms with Crippen molar-refractivity contribution in [3.05, 3.63) is 35.4 Å². The summed E-state index contributed by atoms with van der Waals surface area (Å²) >= 11 is 0. The number of benzene rings is 1. The maximum absolute atomic E-state index is 12.9. The fourth-order valence-electron chi connectivity index (χ4n) is 1.47. The Morgan fingerprint density at radius 3 is 2.71 bits per heavy atom. The molecule has 1 N–H and O–H groups in total. The molecule has 0 aliphatic rings. The van der Waals surface area contributed by atoms with Gasteiger partial charge in [-0.05, 0) is 30.5 Å². The van der Waals surface area contributed by atoms with Gasteiger partial charge in [0.25, 0.3) is 0 Å². The van der Waals surface area contributed by atoms with Crippen molar-refractivity contribution in [1.82, 2.24) is 5.32 Å². The molecule has 0 unspecified atom stereocenters. The van der Waals surface area contributed by atoms with Crippen molar-refractivity contribution in [3.63, 3.8) is 0 Å². The Labute approximate surface area is 100 Å². The number of amides is 1. The molecule has 0 fully saturated rings. The molecule has 0 radical (unpaired) electrons. The number of nitrogens with one attached hydrogen (secondary N) is 1. The standard InChI is InChI=1S/C13H17F2NO/c1-2-3-4-13(17)16-8-7-10-5-6-11(14)12(15)9-10/h5-6,9H,2-4,7-8H2,1H3,(H,16,17). The third-order valence-corrected chi connectivity index (χ3v) is 2.48. The zero-order valence-corrected chi connectivity index (χ0v) is 9.93. The quantitative estimate of drug-likeness (QED) is 0.815. The first kappa shape index (κ1) is 13.6. The summed E-state index contributed by atoms with van der Waals surface area (Å²) in [7, 11) is 0. The Balaban J connectivity index is 2.30. The van der Waals surface area contributed by atoms with Crippen LogP contribution in [0.2, 0.25) is 0 Å². The van der Waals surface area contributed by atoms with Gasteiger partial charge in [-0.25, -0.2) is 8.78 Å². The Hall–Kier alpha value is -1.45. The van der Waals surface area contributed by atoms with Gasteiger partial charge in [0.15, 0.2) is 11.6 Å². The third kappa shape index (κ3) is 4.93. The van der Waals surface area contributed by atoms with Crippen molar-refractivity contribution in [1.29, 1.82) is 0 Å². The highest BCUT2D eigenvalue weighted by atomic mass is 19.2. The summed E-state index contributed by atoms with van der Waals surface area (Å²) in [5.74, 6) is -1.69. The zero-order valence-electron chi connectivity index (χ0n) is 9.93. The predicted octanol–water partition coefficient (Wildman–Crippen LogP) is 2.81. The third-order valence-electron chi connectivity index (χ3n) is 2.48. The minimum atomic E-state index is -0.847. The lowest BCUT2D eigenvalue weighted by Crippen LogP contribution is -2.25. The summed E-state index contributed by atoms with van der Waals surface area (Å²) in [6.45, 7) is 2.47. The average Bonchev–Trinajstić information content (AvgIpc) is 2.31. The molecule has 2 nitrogen and oxygen atoms in total. The molecule has 0 aromatic heterocycles. The van der Waals surface area contributed by atoms with E-state index < -0.39 is 11.6 Å². The van der Waals surface area contributed by atoms with Gasteiger partial charge < -0.3 is 5.32 Å². The summed E-state index contributed by atoms with van der Waals surface area (Å²) in [6.07, 6.45) is 2.89. The molecule has 0 aliphatic heterocycles. The minimum Gasteiger partial charge on any atom is -0.356 e. The fraction of sp³-hybridized carbons (Fsp3) is 0.462. The van der Waals surface area contributed by atoms with Crippen molar-refractivity contribution in [2.24, 2.45) is 0 Å². The van der Waals surface area contributed by atoms with E-state index in [0.29, 0.717) is 24.9 Å². The molecule has 1 rings (SSSR count). The van der Waals surface area contributed by atoms with E-state index in [2.05, 4.69) is 5.32 Å². The van der Waals surface area contributed by atoms with Gasteiger partial charge in [0.1, 0.15) is 0 Å². The summed E-state index contributed by atoms with van der Waals surface area (Å²) in [5.41, 5.74) is 0.680. The van der Waals surface area contributed by atoms with Crippen LogP contribution in [0.25, 0.3) is 0 Å². The highest BCUT2D eigenvalue weighted by Gasteiger charge is 2.03. The van der Waals surface area contributed by atoms with E-state index in [1.165, 1.54) is 6.07 Å². The molecule has 0 heterocycles. The van der Waals surface area contributed by atoms with E-state index >= 15 is 0 Å². The van der Waals surface area contributed by atoms with Crippen LogP contribution in [-0.4, -0.2) is 12.5 Å². The monoisotopic (exact) mass is 241 g/mol. The molecule has 94 valence electrons. The van der Waals surface area contributed by atoms with Crippen molar-refractivity contribution in [2.45, 2.75) is 32.6 Å². The molecular formula is C13H17F2NO. The highest BCUT2D eigenvalue weighted by molar-refractivity contribution is 5.75. The largest absolute Gasteiger partial charge is 0.356 e. The lowest BCUT2D eigenvalue weighted by Gasteiger charge is -2.05. The Morgan fingerprint density at radius 2 is 2.06 bits per heavy atom. The maximum atomic E-state index is 12.9. The molecule has 0 saturated heterocycles. The molecular weight excluding hydrogens is 224 g/mol. The van der Waals surface area contributed by atoms with E-state index in [9.17, 15) is 13.6 Å². The van der Waals surface area contributed by atoms with Crippen LogP contribution in [0.3, 0.4) is 0 Å². The number of rotatable bonds is 6. The molecule has 0 aliphatic carbocycles. The summed E-state index contributed by atoms with van der Waals surface area (Å²) in [6, 6.07) is 3.79. The molecule has 1 amide bonds. The predicted molar refractivity (Wildman–Crippen MR) is 62.6 cm³/mol.